The van der Waals surface area contributed by atoms with Gasteiger partial charge in [0.15, 0.2) is 62.0 Å². The Bertz CT molecular complexity index is 2030. The van der Waals surface area contributed by atoms with Crippen molar-refractivity contribution in [3.8, 4) is 0 Å². The number of rotatable bonds is 27. The van der Waals surface area contributed by atoms with E-state index >= 15 is 0 Å². The van der Waals surface area contributed by atoms with Gasteiger partial charge in [-0.1, -0.05) is 16.2 Å². The van der Waals surface area contributed by atoms with Crippen molar-refractivity contribution < 1.29 is 165 Å². The van der Waals surface area contributed by atoms with Crippen LogP contribution in [0.4, 0.5) is 0 Å². The van der Waals surface area contributed by atoms with Gasteiger partial charge in [-0.3, -0.25) is 27.1 Å². The molecule has 0 aliphatic carbocycles. The first-order valence-electron chi connectivity index (χ1n) is 19.8. The van der Waals surface area contributed by atoms with Crippen LogP contribution in [0.5, 0.6) is 0 Å². The number of carboxylic acids is 2. The number of aliphatic carboxylic acids is 2. The third-order valence-corrected chi connectivity index (χ3v) is 11.8. The smallest absolute Gasteiger partial charge is 0.397 e. The zero-order valence-electron chi connectivity index (χ0n) is 36.3. The molecule has 0 aromatic carbocycles. The monoisotopic (exact) mass is 1140 g/mol. The van der Waals surface area contributed by atoms with E-state index in [0.717, 1.165) is 13.8 Å². The zero-order chi connectivity index (χ0) is 53.8. The van der Waals surface area contributed by atoms with Crippen molar-refractivity contribution in [2.24, 2.45) is 0 Å². The highest BCUT2D eigenvalue weighted by atomic mass is 32.3. The van der Waals surface area contributed by atoms with Crippen molar-refractivity contribution in [2.45, 2.75) is 137 Å². The molecule has 4 aliphatic rings. The van der Waals surface area contributed by atoms with E-state index in [1.807, 2.05) is 0 Å². The van der Waals surface area contributed by atoms with Gasteiger partial charge >= 0.3 is 32.7 Å². The van der Waals surface area contributed by atoms with Crippen molar-refractivity contribution in [3.63, 3.8) is 0 Å². The van der Waals surface area contributed by atoms with Crippen molar-refractivity contribution in [1.29, 1.82) is 0 Å². The summed E-state index contributed by atoms with van der Waals surface area (Å²) in [5, 5.41) is 104. The molecule has 4 aliphatic heterocycles. The Morgan fingerprint density at radius 2 is 1.00 bits per heavy atom. The number of aliphatic hydroxyl groups is 5. The van der Waals surface area contributed by atoms with E-state index in [-0.39, 0.29) is 31.3 Å². The lowest BCUT2D eigenvalue weighted by molar-refractivity contribution is -0.435. The third-order valence-electron chi connectivity index (χ3n) is 10.1. The first-order valence-corrected chi connectivity index (χ1v) is 23.8. The molecule has 4 rings (SSSR count). The molecular weight excluding hydrogens is 1090 g/mol. The summed E-state index contributed by atoms with van der Waals surface area (Å²) in [5.74, 6) is -5.88. The highest BCUT2D eigenvalue weighted by molar-refractivity contribution is 7.90. The Morgan fingerprint density at radius 3 is 1.42 bits per heavy atom. The molecule has 20 atom stereocenters. The number of ether oxygens (including phenoxy) is 8. The second-order valence-electron chi connectivity index (χ2n) is 14.9. The minimum Gasteiger partial charge on any atom is -0.479 e. The van der Waals surface area contributed by atoms with Gasteiger partial charge < -0.3 is 84.3 Å². The summed E-state index contributed by atoms with van der Waals surface area (Å²) >= 11 is -0.480. The van der Waals surface area contributed by atoms with E-state index < -0.39 is 180 Å². The first kappa shape index (κ1) is 61.8. The predicted molar refractivity (Wildman–Crippen MR) is 215 cm³/mol. The van der Waals surface area contributed by atoms with Crippen molar-refractivity contribution in [1.82, 2.24) is 10.6 Å². The fraction of sp³-hybridized carbons (Fsp3) is 0.806. The van der Waals surface area contributed by atoms with Crippen LogP contribution in [0.25, 0.3) is 0 Å². The molecule has 0 aromatic rings. The van der Waals surface area contributed by atoms with Crippen LogP contribution in [0.1, 0.15) is 13.8 Å². The van der Waals surface area contributed by atoms with Gasteiger partial charge in [-0.05, 0) is 0 Å². The van der Waals surface area contributed by atoms with E-state index in [9.17, 15) is 80.9 Å². The van der Waals surface area contributed by atoms with Crippen LogP contribution in [-0.2, 0) is 113 Å². The van der Waals surface area contributed by atoms with Crippen molar-refractivity contribution in [3.05, 3.63) is 12.7 Å². The van der Waals surface area contributed by atoms with Gasteiger partial charge in [0.2, 0.25) is 11.8 Å². The average Bonchev–Trinajstić information content (AvgIpc) is 3.28. The van der Waals surface area contributed by atoms with Crippen LogP contribution in [0, 0.1) is 0 Å². The van der Waals surface area contributed by atoms with E-state index in [1.54, 1.807) is 0 Å². The molecule has 37 nitrogen and oxygen atoms in total. The van der Waals surface area contributed by atoms with Crippen LogP contribution < -0.4 is 10.6 Å². The second kappa shape index (κ2) is 27.8. The fourth-order valence-electron chi connectivity index (χ4n) is 7.21. The van der Waals surface area contributed by atoms with Crippen LogP contribution in [0.3, 0.4) is 0 Å². The molecule has 41 heteroatoms. The quantitative estimate of drug-likeness (QED) is 0.00908. The molecule has 4 saturated heterocycles. The van der Waals surface area contributed by atoms with Gasteiger partial charge in [0.05, 0.1) is 19.8 Å². The summed E-state index contributed by atoms with van der Waals surface area (Å²) < 4.78 is 139. The highest BCUT2D eigenvalue weighted by Crippen LogP contribution is 2.38. The topological polar surface area (TPSA) is 531 Å². The summed E-state index contributed by atoms with van der Waals surface area (Å²) in [6.45, 7) is 2.41. The molecule has 0 radical (unpaired) electrons. The van der Waals surface area contributed by atoms with Gasteiger partial charge in [0.1, 0.15) is 85.3 Å². The SMILES string of the molecule is C=CCO[C@@H]1OC(COS(=O)(=O)O)[C@H](OSOOO)[C@H](O[C@@H]2OC(C(=O)O)[C@H](O[C@@H]3OC(COS(=O)(=O)O)[C@H](OSOOO)[C@H](O[C@@H]4OC(C(=O)O)[C@H](O)[C@H](O)C4O)C3NC(C)=O)[C@H](O)C2O)C1NC(C)=O. The maximum atomic E-state index is 13.0. The second-order valence-corrected chi connectivity index (χ2v) is 18.0. The molecule has 72 heavy (non-hydrogen) atoms. The average molecular weight is 1140 g/mol. The summed E-state index contributed by atoms with van der Waals surface area (Å²) in [4.78, 5) is 50.2. The summed E-state index contributed by atoms with van der Waals surface area (Å²) in [5.41, 5.74) is 0. The van der Waals surface area contributed by atoms with E-state index in [2.05, 4.69) is 44.3 Å². The third kappa shape index (κ3) is 17.1. The predicted octanol–water partition coefficient (Wildman–Crippen LogP) is -6.39. The minimum atomic E-state index is -5.42. The molecule has 2 amide bonds. The standard InChI is InChI=1S/C31H48N2O35S4/c1-4-5-53-28-12(32-8(2)34)21(19(63-69-67-65-45)10(56-28)6-54-71(47,48)49)58-31-18(40)16(38)23(25(62-31)27(43)44)60-29-13(33-9(3)35)22(59-30-17(39)14(36)15(37)24(61-30)26(41)42)20(64-70-68-66-46)11(57-29)7-55-72(50,51)52/h4,10-25,28-31,36-40,45-46H,1,5-7H2,2-3H3,(H,32,34)(H,33,35)(H,41,42)(H,43,44)(H,47,48,49)(H,50,51,52)/t10?,11?,12?,13?,14-,15+,16+,17?,18?,19-,20-,21+,22+,23+,24?,25?,28+,29-,30+,31+/m0/s1. The van der Waals surface area contributed by atoms with Gasteiger partial charge in [0.25, 0.3) is 0 Å². The van der Waals surface area contributed by atoms with E-state index in [4.69, 9.17) is 56.8 Å². The summed E-state index contributed by atoms with van der Waals surface area (Å²) in [6, 6.07) is -3.76. The van der Waals surface area contributed by atoms with Crippen LogP contribution in [-0.4, -0.2) is 238 Å². The number of carbonyl (C=O) groups is 4. The van der Waals surface area contributed by atoms with Crippen LogP contribution in [0.15, 0.2) is 12.7 Å². The van der Waals surface area contributed by atoms with Gasteiger partial charge in [-0.15, -0.1) is 15.2 Å². The lowest BCUT2D eigenvalue weighted by Crippen LogP contribution is -2.71. The number of carbonyl (C=O) groups excluding carboxylic acids is 2. The molecule has 13 N–H and O–H groups in total. The van der Waals surface area contributed by atoms with Gasteiger partial charge in [-0.25, -0.2) is 28.5 Å². The molecule has 0 saturated carbocycles. The molecule has 0 bridgehead atoms. The largest absolute Gasteiger partial charge is 0.479 e. The molecule has 416 valence electrons. The van der Waals surface area contributed by atoms with Crippen molar-refractivity contribution in [2.75, 3.05) is 19.8 Å². The number of nitrogens with one attached hydrogen (secondary N) is 2. The zero-order valence-corrected chi connectivity index (χ0v) is 39.6. The Balaban J connectivity index is 1.80. The number of carboxylic acid groups (broad SMARTS) is 2. The maximum Gasteiger partial charge on any atom is 0.397 e. The Morgan fingerprint density at radius 1 is 0.583 bits per heavy atom. The molecule has 4 fully saturated rings. The van der Waals surface area contributed by atoms with E-state index in [0.29, 0.717) is 0 Å². The van der Waals surface area contributed by atoms with Gasteiger partial charge in [0, 0.05) is 13.8 Å². The fourth-order valence-corrected chi connectivity index (χ4v) is 8.59. The number of amides is 2. The van der Waals surface area contributed by atoms with E-state index in [1.165, 1.54) is 6.08 Å². The molecular formula is C31H48N2O35S4. The number of hydrogen-bond donors (Lipinski definition) is 13. The molecule has 4 heterocycles. The summed E-state index contributed by atoms with van der Waals surface area (Å²) in [7, 11) is -10.7. The summed E-state index contributed by atoms with van der Waals surface area (Å²) in [6.07, 6.45) is -39.3. The Hall–Kier alpha value is -2.78. The Labute approximate surface area is 412 Å². The molecule has 0 aromatic heterocycles. The molecule has 0 spiro atoms. The lowest BCUT2D eigenvalue weighted by Gasteiger charge is -2.50. The lowest BCUT2D eigenvalue weighted by atomic mass is 9.94. The molecule has 8 unspecified atom stereocenters. The minimum absolute atomic E-state index is 0.196. The Kier molecular flexibility index (Phi) is 23.9. The first-order chi connectivity index (χ1) is 33.7. The van der Waals surface area contributed by atoms with Crippen LogP contribution in [0.2, 0.25) is 0 Å². The maximum absolute atomic E-state index is 13.0. The normalized spacial score (nSPS) is 37.6. The van der Waals surface area contributed by atoms with Gasteiger partial charge in [-0.2, -0.15) is 16.8 Å². The number of hydrogen-bond acceptors (Lipinski definition) is 33. The highest BCUT2D eigenvalue weighted by Gasteiger charge is 2.59. The van der Waals surface area contributed by atoms with Crippen LogP contribution >= 0.6 is 24.6 Å². The van der Waals surface area contributed by atoms with Crippen molar-refractivity contribution >= 4 is 69.2 Å². The number of aliphatic hydroxyl groups excluding tert-OH is 5.